The summed E-state index contributed by atoms with van der Waals surface area (Å²) in [5, 5.41) is 5.69. The Morgan fingerprint density at radius 3 is 2.28 bits per heavy atom. The Balaban J connectivity index is 1.53. The molecule has 1 saturated heterocycles. The highest BCUT2D eigenvalue weighted by molar-refractivity contribution is 5.97. The standard InChI is InChI=1S/C23H29N3O3/c1-17(2)22(25-21(27)16-29-20-8-4-3-5-9-20)23(28)24-18-10-12-19(13-11-18)26-14-6-7-15-26/h3-5,8-13,17,22H,6-7,14-16H2,1-2H3,(H,24,28)(H,25,27)/t22-/m1/s1. The van der Waals surface area contributed by atoms with Gasteiger partial charge in [0.25, 0.3) is 5.91 Å². The molecule has 1 heterocycles. The van der Waals surface area contributed by atoms with Gasteiger partial charge in [-0.05, 0) is 55.2 Å². The number of carbonyl (C=O) groups excluding carboxylic acids is 2. The van der Waals surface area contributed by atoms with E-state index in [2.05, 4.69) is 15.5 Å². The number of hydrogen-bond donors (Lipinski definition) is 2. The van der Waals surface area contributed by atoms with Gasteiger partial charge in [-0.15, -0.1) is 0 Å². The van der Waals surface area contributed by atoms with Crippen LogP contribution < -0.4 is 20.3 Å². The first-order chi connectivity index (χ1) is 14.0. The topological polar surface area (TPSA) is 70.7 Å². The van der Waals surface area contributed by atoms with Gasteiger partial charge in [-0.2, -0.15) is 0 Å². The molecule has 6 heteroatoms. The third-order valence-electron chi connectivity index (χ3n) is 4.98. The smallest absolute Gasteiger partial charge is 0.258 e. The first-order valence-corrected chi connectivity index (χ1v) is 10.2. The molecule has 0 saturated carbocycles. The van der Waals surface area contributed by atoms with Crippen LogP contribution in [-0.4, -0.2) is 37.6 Å². The summed E-state index contributed by atoms with van der Waals surface area (Å²) in [5.41, 5.74) is 1.89. The second-order valence-corrected chi connectivity index (χ2v) is 7.62. The lowest BCUT2D eigenvalue weighted by atomic mass is 10.0. The largest absolute Gasteiger partial charge is 0.484 e. The number of benzene rings is 2. The molecule has 1 atom stereocenters. The Morgan fingerprint density at radius 1 is 1.00 bits per heavy atom. The first-order valence-electron chi connectivity index (χ1n) is 10.2. The van der Waals surface area contributed by atoms with Crippen LogP contribution in [-0.2, 0) is 9.59 Å². The molecular weight excluding hydrogens is 366 g/mol. The van der Waals surface area contributed by atoms with E-state index in [1.165, 1.54) is 18.5 Å². The van der Waals surface area contributed by atoms with E-state index in [9.17, 15) is 9.59 Å². The Labute approximate surface area is 172 Å². The van der Waals surface area contributed by atoms with E-state index in [1.54, 1.807) is 12.1 Å². The van der Waals surface area contributed by atoms with E-state index < -0.39 is 6.04 Å². The van der Waals surface area contributed by atoms with Crippen LogP contribution >= 0.6 is 0 Å². The third kappa shape index (κ3) is 5.98. The molecule has 0 bridgehead atoms. The molecule has 1 aliphatic rings. The highest BCUT2D eigenvalue weighted by Crippen LogP contribution is 2.22. The van der Waals surface area contributed by atoms with Crippen molar-refractivity contribution >= 4 is 23.2 Å². The minimum Gasteiger partial charge on any atom is -0.484 e. The summed E-state index contributed by atoms with van der Waals surface area (Å²) in [6.45, 7) is 5.83. The molecule has 3 rings (SSSR count). The fourth-order valence-electron chi connectivity index (χ4n) is 3.37. The molecular formula is C23H29N3O3. The van der Waals surface area contributed by atoms with Crippen molar-refractivity contribution in [3.63, 3.8) is 0 Å². The van der Waals surface area contributed by atoms with Crippen LogP contribution in [0.3, 0.4) is 0 Å². The molecule has 0 unspecified atom stereocenters. The molecule has 29 heavy (non-hydrogen) atoms. The monoisotopic (exact) mass is 395 g/mol. The van der Waals surface area contributed by atoms with Crippen molar-refractivity contribution in [3.8, 4) is 5.75 Å². The number of para-hydroxylation sites is 1. The Bertz CT molecular complexity index is 800. The molecule has 0 aliphatic carbocycles. The number of nitrogens with zero attached hydrogens (tertiary/aromatic N) is 1. The maximum atomic E-state index is 12.7. The summed E-state index contributed by atoms with van der Waals surface area (Å²) in [6.07, 6.45) is 2.45. The van der Waals surface area contributed by atoms with Gasteiger partial charge in [0.15, 0.2) is 6.61 Å². The molecule has 2 aromatic rings. The number of nitrogens with one attached hydrogen (secondary N) is 2. The fourth-order valence-corrected chi connectivity index (χ4v) is 3.37. The molecule has 2 amide bonds. The molecule has 2 aromatic carbocycles. The van der Waals surface area contributed by atoms with Crippen molar-refractivity contribution in [1.82, 2.24) is 5.32 Å². The van der Waals surface area contributed by atoms with Gasteiger partial charge in [0, 0.05) is 24.5 Å². The van der Waals surface area contributed by atoms with Crippen molar-refractivity contribution in [1.29, 1.82) is 0 Å². The molecule has 1 fully saturated rings. The second kappa shape index (κ2) is 9.96. The quantitative estimate of drug-likeness (QED) is 0.718. The molecule has 2 N–H and O–H groups in total. The number of hydrogen-bond acceptors (Lipinski definition) is 4. The van der Waals surface area contributed by atoms with Gasteiger partial charge in [0.1, 0.15) is 11.8 Å². The average molecular weight is 396 g/mol. The lowest BCUT2D eigenvalue weighted by Gasteiger charge is -2.22. The van der Waals surface area contributed by atoms with Crippen molar-refractivity contribution in [3.05, 3.63) is 54.6 Å². The minimum absolute atomic E-state index is 0.0560. The summed E-state index contributed by atoms with van der Waals surface area (Å²) < 4.78 is 5.46. The van der Waals surface area contributed by atoms with E-state index >= 15 is 0 Å². The number of ether oxygens (including phenoxy) is 1. The zero-order chi connectivity index (χ0) is 20.6. The lowest BCUT2D eigenvalue weighted by molar-refractivity contribution is -0.128. The summed E-state index contributed by atoms with van der Waals surface area (Å²) in [7, 11) is 0. The maximum Gasteiger partial charge on any atom is 0.258 e. The van der Waals surface area contributed by atoms with Gasteiger partial charge in [-0.25, -0.2) is 0 Å². The Morgan fingerprint density at radius 2 is 1.66 bits per heavy atom. The summed E-state index contributed by atoms with van der Waals surface area (Å²) >= 11 is 0. The van der Waals surface area contributed by atoms with Crippen molar-refractivity contribution in [2.45, 2.75) is 32.7 Å². The molecule has 154 valence electrons. The number of amides is 2. The van der Waals surface area contributed by atoms with E-state index in [0.29, 0.717) is 5.75 Å². The first kappa shape index (κ1) is 20.7. The summed E-state index contributed by atoms with van der Waals surface area (Å²) in [5.74, 6) is -0.0000861. The van der Waals surface area contributed by atoms with E-state index in [4.69, 9.17) is 4.74 Å². The molecule has 0 radical (unpaired) electrons. The molecule has 0 spiro atoms. The van der Waals surface area contributed by atoms with E-state index in [1.807, 2.05) is 56.3 Å². The van der Waals surface area contributed by atoms with E-state index in [-0.39, 0.29) is 24.3 Å². The molecule has 1 aliphatic heterocycles. The van der Waals surface area contributed by atoms with Crippen molar-refractivity contribution in [2.24, 2.45) is 5.92 Å². The van der Waals surface area contributed by atoms with Crippen LogP contribution in [0.15, 0.2) is 54.6 Å². The average Bonchev–Trinajstić information content (AvgIpc) is 3.26. The lowest BCUT2D eigenvalue weighted by Crippen LogP contribution is -2.48. The van der Waals surface area contributed by atoms with Gasteiger partial charge >= 0.3 is 0 Å². The number of carbonyl (C=O) groups is 2. The highest BCUT2D eigenvalue weighted by Gasteiger charge is 2.24. The number of anilines is 2. The highest BCUT2D eigenvalue weighted by atomic mass is 16.5. The normalized spacial score (nSPS) is 14.5. The summed E-state index contributed by atoms with van der Waals surface area (Å²) in [4.78, 5) is 27.3. The second-order valence-electron chi connectivity index (χ2n) is 7.62. The SMILES string of the molecule is CC(C)[C@@H](NC(=O)COc1ccccc1)C(=O)Nc1ccc(N2CCCC2)cc1. The predicted molar refractivity (Wildman–Crippen MR) is 115 cm³/mol. The van der Waals surface area contributed by atoms with Crippen LogP contribution in [0, 0.1) is 5.92 Å². The Hall–Kier alpha value is -3.02. The van der Waals surface area contributed by atoms with Crippen molar-refractivity contribution in [2.75, 3.05) is 29.9 Å². The van der Waals surface area contributed by atoms with Crippen LogP contribution in [0.5, 0.6) is 5.75 Å². The van der Waals surface area contributed by atoms with Gasteiger partial charge < -0.3 is 20.3 Å². The predicted octanol–water partition coefficient (Wildman–Crippen LogP) is 3.45. The van der Waals surface area contributed by atoms with Crippen LogP contribution in [0.4, 0.5) is 11.4 Å². The van der Waals surface area contributed by atoms with Crippen LogP contribution in [0.1, 0.15) is 26.7 Å². The zero-order valence-electron chi connectivity index (χ0n) is 17.1. The van der Waals surface area contributed by atoms with E-state index in [0.717, 1.165) is 18.8 Å². The Kier molecular flexibility index (Phi) is 7.11. The minimum atomic E-state index is -0.639. The maximum absolute atomic E-state index is 12.7. The summed E-state index contributed by atoms with van der Waals surface area (Å²) in [6, 6.07) is 16.3. The van der Waals surface area contributed by atoms with Gasteiger partial charge in [-0.3, -0.25) is 9.59 Å². The van der Waals surface area contributed by atoms with Crippen molar-refractivity contribution < 1.29 is 14.3 Å². The fraction of sp³-hybridized carbons (Fsp3) is 0.391. The third-order valence-corrected chi connectivity index (χ3v) is 4.98. The molecule has 6 nitrogen and oxygen atoms in total. The molecule has 0 aromatic heterocycles. The van der Waals surface area contributed by atoms with Crippen LogP contribution in [0.25, 0.3) is 0 Å². The van der Waals surface area contributed by atoms with Crippen LogP contribution in [0.2, 0.25) is 0 Å². The number of rotatable bonds is 8. The van der Waals surface area contributed by atoms with Gasteiger partial charge in [-0.1, -0.05) is 32.0 Å². The van der Waals surface area contributed by atoms with Gasteiger partial charge in [0.05, 0.1) is 0 Å². The van der Waals surface area contributed by atoms with Gasteiger partial charge in [0.2, 0.25) is 5.91 Å². The zero-order valence-corrected chi connectivity index (χ0v) is 17.1.